The van der Waals surface area contributed by atoms with Gasteiger partial charge in [0.1, 0.15) is 5.82 Å². The van der Waals surface area contributed by atoms with E-state index >= 15 is 0 Å². The van der Waals surface area contributed by atoms with Gasteiger partial charge in [-0.05, 0) is 49.7 Å². The standard InChI is InChI=1S/C34H33N7O2S/c1-24-6-9-30(10-7-24)44(42,43)41-23-32(29-20-38-40(22-29)21-26-5-3-4-25(2)16-26)31-17-28(19-37-34(31)41)27-8-11-33(36-18-27)39-14-12-35-13-15-39/h3-11,16-20,22-23,35H,12-15,21H2,1-2H3. The topological polar surface area (TPSA) is 97.9 Å². The van der Waals surface area contributed by atoms with Crippen molar-refractivity contribution in [1.82, 2.24) is 29.0 Å². The first kappa shape index (κ1) is 28.0. The van der Waals surface area contributed by atoms with E-state index in [9.17, 15) is 8.42 Å². The molecule has 0 atom stereocenters. The average molecular weight is 604 g/mol. The highest BCUT2D eigenvalue weighted by Crippen LogP contribution is 2.35. The summed E-state index contributed by atoms with van der Waals surface area (Å²) in [5, 5.41) is 8.71. The minimum absolute atomic E-state index is 0.209. The number of aryl methyl sites for hydroxylation is 2. The second kappa shape index (κ2) is 11.4. The van der Waals surface area contributed by atoms with E-state index in [1.54, 1.807) is 42.9 Å². The van der Waals surface area contributed by atoms with Crippen LogP contribution >= 0.6 is 0 Å². The molecular weight excluding hydrogens is 570 g/mol. The van der Waals surface area contributed by atoms with Gasteiger partial charge in [0.2, 0.25) is 0 Å². The highest BCUT2D eigenvalue weighted by Gasteiger charge is 2.24. The highest BCUT2D eigenvalue weighted by molar-refractivity contribution is 7.90. The number of aromatic nitrogens is 5. The Labute approximate surface area is 256 Å². The van der Waals surface area contributed by atoms with Gasteiger partial charge >= 0.3 is 0 Å². The SMILES string of the molecule is Cc1ccc(S(=O)(=O)n2cc(-c3cnn(Cc4cccc(C)c4)c3)c3cc(-c4ccc(N5CCNCC5)nc4)cnc32)cc1. The second-order valence-electron chi connectivity index (χ2n) is 11.3. The Morgan fingerprint density at radius 2 is 1.59 bits per heavy atom. The van der Waals surface area contributed by atoms with Gasteiger partial charge in [0.25, 0.3) is 10.0 Å². The zero-order valence-corrected chi connectivity index (χ0v) is 25.5. The van der Waals surface area contributed by atoms with Gasteiger partial charge in [0, 0.05) is 78.6 Å². The van der Waals surface area contributed by atoms with E-state index in [1.807, 2.05) is 48.3 Å². The predicted octanol–water partition coefficient (Wildman–Crippen LogP) is 5.27. The molecule has 4 aromatic heterocycles. The van der Waals surface area contributed by atoms with Crippen molar-refractivity contribution in [3.05, 3.63) is 114 Å². The fourth-order valence-electron chi connectivity index (χ4n) is 5.70. The van der Waals surface area contributed by atoms with Crippen molar-refractivity contribution in [2.24, 2.45) is 0 Å². The van der Waals surface area contributed by atoms with Gasteiger partial charge in [-0.3, -0.25) is 4.68 Å². The fraction of sp³-hybridized carbons (Fsp3) is 0.206. The molecule has 6 aromatic rings. The summed E-state index contributed by atoms with van der Waals surface area (Å²) in [5.74, 6) is 0.946. The van der Waals surface area contributed by atoms with E-state index in [-0.39, 0.29) is 4.90 Å². The minimum atomic E-state index is -3.91. The van der Waals surface area contributed by atoms with Crippen molar-refractivity contribution in [1.29, 1.82) is 0 Å². The number of piperazine rings is 1. The number of nitrogens with one attached hydrogen (secondary N) is 1. The number of nitrogens with zero attached hydrogens (tertiary/aromatic N) is 6. The largest absolute Gasteiger partial charge is 0.354 e. The number of anilines is 1. The normalized spacial score (nSPS) is 13.9. The van der Waals surface area contributed by atoms with E-state index in [2.05, 4.69) is 40.4 Å². The summed E-state index contributed by atoms with van der Waals surface area (Å²) in [4.78, 5) is 11.9. The molecule has 0 saturated carbocycles. The number of benzene rings is 2. The number of hydrogen-bond donors (Lipinski definition) is 1. The third-order valence-electron chi connectivity index (χ3n) is 8.08. The van der Waals surface area contributed by atoms with Crippen LogP contribution in [0.2, 0.25) is 0 Å². The average Bonchev–Trinajstić information content (AvgIpc) is 3.66. The molecule has 0 spiro atoms. The van der Waals surface area contributed by atoms with Gasteiger partial charge in [-0.1, -0.05) is 47.5 Å². The maximum atomic E-state index is 13.9. The molecule has 44 heavy (non-hydrogen) atoms. The molecule has 1 aliphatic heterocycles. The van der Waals surface area contributed by atoms with E-state index in [1.165, 1.54) is 9.54 Å². The van der Waals surface area contributed by atoms with Crippen LogP contribution in [0.3, 0.4) is 0 Å². The van der Waals surface area contributed by atoms with Crippen LogP contribution in [0.25, 0.3) is 33.3 Å². The molecule has 1 fully saturated rings. The minimum Gasteiger partial charge on any atom is -0.354 e. The number of hydrogen-bond acceptors (Lipinski definition) is 7. The maximum Gasteiger partial charge on any atom is 0.269 e. The van der Waals surface area contributed by atoms with Crippen LogP contribution in [-0.2, 0) is 16.6 Å². The first-order valence-corrected chi connectivity index (χ1v) is 16.1. The maximum absolute atomic E-state index is 13.9. The molecule has 0 unspecified atom stereocenters. The summed E-state index contributed by atoms with van der Waals surface area (Å²) in [6, 6.07) is 21.3. The molecular formula is C34H33N7O2S. The summed E-state index contributed by atoms with van der Waals surface area (Å²) in [7, 11) is -3.91. The molecule has 1 saturated heterocycles. The van der Waals surface area contributed by atoms with Gasteiger partial charge in [-0.25, -0.2) is 22.4 Å². The summed E-state index contributed by atoms with van der Waals surface area (Å²) >= 11 is 0. The van der Waals surface area contributed by atoms with Gasteiger partial charge in [-0.15, -0.1) is 0 Å². The Hall–Kier alpha value is -4.80. The van der Waals surface area contributed by atoms with Crippen LogP contribution in [0, 0.1) is 13.8 Å². The zero-order chi connectivity index (χ0) is 30.3. The van der Waals surface area contributed by atoms with Gasteiger partial charge in [-0.2, -0.15) is 5.10 Å². The molecule has 0 radical (unpaired) electrons. The Kier molecular flexibility index (Phi) is 7.23. The van der Waals surface area contributed by atoms with E-state index in [0.717, 1.165) is 70.8 Å². The van der Waals surface area contributed by atoms with Crippen LogP contribution in [0.5, 0.6) is 0 Å². The molecule has 7 rings (SSSR count). The number of fused-ring (bicyclic) bond motifs is 1. The Balaban J connectivity index is 1.31. The fourth-order valence-corrected chi connectivity index (χ4v) is 7.02. The molecule has 10 heteroatoms. The van der Waals surface area contributed by atoms with Crippen molar-refractivity contribution in [3.63, 3.8) is 0 Å². The molecule has 0 bridgehead atoms. The zero-order valence-electron chi connectivity index (χ0n) is 24.7. The van der Waals surface area contributed by atoms with Crippen LogP contribution in [0.1, 0.15) is 16.7 Å². The Bertz CT molecular complexity index is 2060. The van der Waals surface area contributed by atoms with Crippen molar-refractivity contribution < 1.29 is 8.42 Å². The van der Waals surface area contributed by atoms with Gasteiger partial charge < -0.3 is 10.2 Å². The summed E-state index contributed by atoms with van der Waals surface area (Å²) in [6.45, 7) is 8.33. The third-order valence-corrected chi connectivity index (χ3v) is 9.75. The molecule has 1 N–H and O–H groups in total. The summed E-state index contributed by atoms with van der Waals surface area (Å²) in [6.07, 6.45) is 8.98. The van der Waals surface area contributed by atoms with E-state index in [4.69, 9.17) is 9.97 Å². The van der Waals surface area contributed by atoms with E-state index < -0.39 is 10.0 Å². The Morgan fingerprint density at radius 3 is 2.34 bits per heavy atom. The predicted molar refractivity (Wildman–Crippen MR) is 173 cm³/mol. The molecule has 0 aliphatic carbocycles. The monoisotopic (exact) mass is 603 g/mol. The van der Waals surface area contributed by atoms with Crippen LogP contribution in [0.4, 0.5) is 5.82 Å². The van der Waals surface area contributed by atoms with Gasteiger partial charge in [0.15, 0.2) is 5.65 Å². The quantitative estimate of drug-likeness (QED) is 0.265. The molecule has 2 aromatic carbocycles. The smallest absolute Gasteiger partial charge is 0.269 e. The van der Waals surface area contributed by atoms with Gasteiger partial charge in [0.05, 0.1) is 17.6 Å². The van der Waals surface area contributed by atoms with Crippen LogP contribution in [-0.4, -0.2) is 58.3 Å². The molecule has 222 valence electrons. The lowest BCUT2D eigenvalue weighted by atomic mass is 10.1. The number of rotatable bonds is 7. The lowest BCUT2D eigenvalue weighted by Gasteiger charge is -2.28. The van der Waals surface area contributed by atoms with Crippen molar-refractivity contribution in [3.8, 4) is 22.3 Å². The third kappa shape index (κ3) is 5.38. The lowest BCUT2D eigenvalue weighted by Crippen LogP contribution is -2.43. The second-order valence-corrected chi connectivity index (χ2v) is 13.1. The summed E-state index contributed by atoms with van der Waals surface area (Å²) in [5.41, 5.74) is 7.00. The molecule has 0 amide bonds. The van der Waals surface area contributed by atoms with E-state index in [0.29, 0.717) is 12.2 Å². The first-order valence-electron chi connectivity index (χ1n) is 14.7. The lowest BCUT2D eigenvalue weighted by molar-refractivity contribution is 0.585. The first-order chi connectivity index (χ1) is 21.3. The van der Waals surface area contributed by atoms with Crippen molar-refractivity contribution in [2.45, 2.75) is 25.3 Å². The highest BCUT2D eigenvalue weighted by atomic mass is 32.2. The van der Waals surface area contributed by atoms with Crippen molar-refractivity contribution >= 4 is 26.9 Å². The Morgan fingerprint density at radius 1 is 0.795 bits per heavy atom. The molecule has 9 nitrogen and oxygen atoms in total. The van der Waals surface area contributed by atoms with Crippen molar-refractivity contribution in [2.75, 3.05) is 31.1 Å². The van der Waals surface area contributed by atoms with Crippen LogP contribution < -0.4 is 10.2 Å². The molecule has 1 aliphatic rings. The van der Waals surface area contributed by atoms with Crippen LogP contribution in [0.15, 0.2) is 103 Å². The summed E-state index contributed by atoms with van der Waals surface area (Å²) < 4.78 is 31.0. The number of pyridine rings is 2. The molecule has 5 heterocycles.